The van der Waals surface area contributed by atoms with Crippen LogP contribution in [0.1, 0.15) is 30.0 Å². The highest BCUT2D eigenvalue weighted by Crippen LogP contribution is 2.33. The molecule has 4 heteroatoms. The summed E-state index contributed by atoms with van der Waals surface area (Å²) in [6.45, 7) is 3.58. The predicted octanol–water partition coefficient (Wildman–Crippen LogP) is 4.35. The average molecular weight is 376 g/mol. The Labute approximate surface area is 145 Å². The maximum Gasteiger partial charge on any atom is 0.136 e. The number of ether oxygens (including phenoxy) is 2. The Hall–Kier alpha value is -1.52. The molecule has 2 N–H and O–H groups in total. The van der Waals surface area contributed by atoms with Crippen molar-refractivity contribution in [1.29, 1.82) is 0 Å². The minimum atomic E-state index is 0.123. The van der Waals surface area contributed by atoms with Crippen LogP contribution in [0.3, 0.4) is 0 Å². The quantitative estimate of drug-likeness (QED) is 0.789. The van der Waals surface area contributed by atoms with Crippen LogP contribution in [-0.2, 0) is 17.6 Å². The Morgan fingerprint density at radius 1 is 1.22 bits per heavy atom. The fraction of sp³-hybridized carbons (Fsp3) is 0.368. The van der Waals surface area contributed by atoms with Gasteiger partial charge in [-0.3, -0.25) is 0 Å². The topological polar surface area (TPSA) is 44.5 Å². The zero-order valence-electron chi connectivity index (χ0n) is 13.3. The van der Waals surface area contributed by atoms with Crippen molar-refractivity contribution < 1.29 is 9.47 Å². The van der Waals surface area contributed by atoms with Crippen LogP contribution in [0.25, 0.3) is 0 Å². The molecule has 0 aliphatic carbocycles. The summed E-state index contributed by atoms with van der Waals surface area (Å²) in [7, 11) is 0. The van der Waals surface area contributed by atoms with Crippen molar-refractivity contribution in [3.63, 3.8) is 0 Å². The third-order valence-corrected chi connectivity index (χ3v) is 4.82. The minimum absolute atomic E-state index is 0.123. The molecule has 122 valence electrons. The first kappa shape index (κ1) is 16.3. The van der Waals surface area contributed by atoms with Crippen LogP contribution in [0.5, 0.6) is 5.75 Å². The molecule has 2 aromatic carbocycles. The van der Waals surface area contributed by atoms with Gasteiger partial charge in [-0.05, 0) is 51.5 Å². The fourth-order valence-electron chi connectivity index (χ4n) is 2.75. The van der Waals surface area contributed by atoms with Gasteiger partial charge in [0.05, 0.1) is 17.7 Å². The van der Waals surface area contributed by atoms with Gasteiger partial charge in [-0.25, -0.2) is 0 Å². The van der Waals surface area contributed by atoms with Crippen LogP contribution < -0.4 is 10.5 Å². The lowest BCUT2D eigenvalue weighted by molar-refractivity contribution is 0.141. The molecule has 0 radical (unpaired) electrons. The first-order chi connectivity index (χ1) is 11.2. The van der Waals surface area contributed by atoms with Crippen molar-refractivity contribution in [2.45, 2.75) is 32.3 Å². The van der Waals surface area contributed by atoms with E-state index in [0.29, 0.717) is 6.61 Å². The molecular weight excluding hydrogens is 354 g/mol. The summed E-state index contributed by atoms with van der Waals surface area (Å²) in [5, 5.41) is 0. The van der Waals surface area contributed by atoms with E-state index in [9.17, 15) is 0 Å². The average Bonchev–Trinajstić information content (AvgIpc) is 3.06. The molecule has 1 fully saturated rings. The summed E-state index contributed by atoms with van der Waals surface area (Å²) in [4.78, 5) is 0. The summed E-state index contributed by atoms with van der Waals surface area (Å²) in [5.41, 5.74) is 10.7. The molecule has 3 rings (SSSR count). The molecule has 3 nitrogen and oxygen atoms in total. The van der Waals surface area contributed by atoms with Crippen LogP contribution in [0.2, 0.25) is 0 Å². The third-order valence-electron chi connectivity index (χ3n) is 4.20. The van der Waals surface area contributed by atoms with Crippen molar-refractivity contribution in [1.82, 2.24) is 0 Å². The molecule has 1 heterocycles. The molecule has 2 aromatic rings. The van der Waals surface area contributed by atoms with Gasteiger partial charge in [0.2, 0.25) is 0 Å². The second-order valence-electron chi connectivity index (χ2n) is 5.93. The van der Waals surface area contributed by atoms with E-state index in [1.807, 2.05) is 6.07 Å². The van der Waals surface area contributed by atoms with Crippen molar-refractivity contribution in [3.8, 4) is 5.75 Å². The monoisotopic (exact) mass is 375 g/mol. The Kier molecular flexibility index (Phi) is 5.23. The Bertz CT molecular complexity index is 664. The number of hydrogen-bond acceptors (Lipinski definition) is 3. The maximum absolute atomic E-state index is 6.24. The lowest BCUT2D eigenvalue weighted by Crippen LogP contribution is -2.16. The van der Waals surface area contributed by atoms with Gasteiger partial charge in [0.25, 0.3) is 0 Å². The number of hydrogen-bond donors (Lipinski definition) is 1. The van der Waals surface area contributed by atoms with E-state index in [4.69, 9.17) is 15.2 Å². The third kappa shape index (κ3) is 4.06. The molecule has 1 aliphatic rings. The molecular formula is C19H22BrNO2. The smallest absolute Gasteiger partial charge is 0.136 e. The Morgan fingerprint density at radius 3 is 2.61 bits per heavy atom. The number of halogens is 1. The van der Waals surface area contributed by atoms with E-state index in [1.165, 1.54) is 11.1 Å². The van der Waals surface area contributed by atoms with Crippen molar-refractivity contribution >= 4 is 21.6 Å². The molecule has 0 saturated carbocycles. The summed E-state index contributed by atoms with van der Waals surface area (Å²) >= 11 is 3.60. The molecule has 1 atom stereocenters. The second kappa shape index (κ2) is 7.37. The standard InChI is InChI=1S/C19H22BrNO2/c1-2-13-3-5-14(6-4-13)9-15-10-17(20)19(11-18(15)21)23-16-7-8-22-12-16/h3-6,10-11,16H,2,7-9,12,21H2,1H3/t16-/m1/s1. The van der Waals surface area contributed by atoms with Crippen molar-refractivity contribution in [3.05, 3.63) is 57.6 Å². The molecule has 1 aliphatic heterocycles. The number of anilines is 1. The summed E-state index contributed by atoms with van der Waals surface area (Å²) in [6.07, 6.45) is 2.93. The lowest BCUT2D eigenvalue weighted by Gasteiger charge is -2.16. The Balaban J connectivity index is 1.75. The second-order valence-corrected chi connectivity index (χ2v) is 6.79. The van der Waals surface area contributed by atoms with Gasteiger partial charge in [0.15, 0.2) is 0 Å². The van der Waals surface area contributed by atoms with Crippen LogP contribution in [-0.4, -0.2) is 19.3 Å². The highest BCUT2D eigenvalue weighted by Gasteiger charge is 2.19. The fourth-order valence-corrected chi connectivity index (χ4v) is 3.24. The summed E-state index contributed by atoms with van der Waals surface area (Å²) < 4.78 is 12.3. The van der Waals surface area contributed by atoms with Gasteiger partial charge in [-0.15, -0.1) is 0 Å². The Morgan fingerprint density at radius 2 is 1.96 bits per heavy atom. The van der Waals surface area contributed by atoms with E-state index < -0.39 is 0 Å². The van der Waals surface area contributed by atoms with E-state index in [-0.39, 0.29) is 6.10 Å². The minimum Gasteiger partial charge on any atom is -0.487 e. The lowest BCUT2D eigenvalue weighted by atomic mass is 10.0. The van der Waals surface area contributed by atoms with Crippen molar-refractivity contribution in [2.24, 2.45) is 0 Å². The molecule has 0 aromatic heterocycles. The van der Waals surface area contributed by atoms with Gasteiger partial charge < -0.3 is 15.2 Å². The number of aryl methyl sites for hydroxylation is 1. The van der Waals surface area contributed by atoms with Crippen LogP contribution in [0.15, 0.2) is 40.9 Å². The summed E-state index contributed by atoms with van der Waals surface area (Å²) in [5.74, 6) is 0.795. The van der Waals surface area contributed by atoms with E-state index in [0.717, 1.165) is 47.3 Å². The van der Waals surface area contributed by atoms with Crippen LogP contribution in [0, 0.1) is 0 Å². The van der Waals surface area contributed by atoms with Gasteiger partial charge >= 0.3 is 0 Å². The van der Waals surface area contributed by atoms with Gasteiger partial charge in [-0.1, -0.05) is 31.2 Å². The molecule has 23 heavy (non-hydrogen) atoms. The molecule has 0 spiro atoms. The molecule has 0 bridgehead atoms. The largest absolute Gasteiger partial charge is 0.487 e. The number of nitrogen functional groups attached to an aromatic ring is 1. The highest BCUT2D eigenvalue weighted by molar-refractivity contribution is 9.10. The SMILES string of the molecule is CCc1ccc(Cc2cc(Br)c(O[C@@H]3CCOC3)cc2N)cc1. The highest BCUT2D eigenvalue weighted by atomic mass is 79.9. The maximum atomic E-state index is 6.24. The van der Waals surface area contributed by atoms with Gasteiger partial charge in [0, 0.05) is 18.2 Å². The van der Waals surface area contributed by atoms with Gasteiger partial charge in [0.1, 0.15) is 11.9 Å². The number of rotatable bonds is 5. The van der Waals surface area contributed by atoms with Crippen LogP contribution in [0.4, 0.5) is 5.69 Å². The van der Waals surface area contributed by atoms with E-state index in [2.05, 4.69) is 53.2 Å². The first-order valence-electron chi connectivity index (χ1n) is 8.06. The van der Waals surface area contributed by atoms with Crippen LogP contribution >= 0.6 is 15.9 Å². The summed E-state index contributed by atoms with van der Waals surface area (Å²) in [6, 6.07) is 12.7. The predicted molar refractivity (Wildman–Crippen MR) is 97.0 cm³/mol. The molecule has 1 saturated heterocycles. The normalized spacial score (nSPS) is 17.4. The van der Waals surface area contributed by atoms with Crippen molar-refractivity contribution in [2.75, 3.05) is 18.9 Å². The van der Waals surface area contributed by atoms with E-state index >= 15 is 0 Å². The zero-order valence-corrected chi connectivity index (χ0v) is 14.9. The number of benzene rings is 2. The first-order valence-corrected chi connectivity index (χ1v) is 8.85. The molecule has 0 unspecified atom stereocenters. The van der Waals surface area contributed by atoms with Gasteiger partial charge in [-0.2, -0.15) is 0 Å². The molecule has 0 amide bonds. The zero-order chi connectivity index (χ0) is 16.2. The van der Waals surface area contributed by atoms with E-state index in [1.54, 1.807) is 0 Å². The number of nitrogens with two attached hydrogens (primary N) is 1.